The van der Waals surface area contributed by atoms with Crippen LogP contribution in [0.2, 0.25) is 0 Å². The normalized spacial score (nSPS) is 23.5. The summed E-state index contributed by atoms with van der Waals surface area (Å²) in [6.45, 7) is 0.668. The van der Waals surface area contributed by atoms with Gasteiger partial charge in [0.1, 0.15) is 6.04 Å². The summed E-state index contributed by atoms with van der Waals surface area (Å²) in [5.41, 5.74) is 0. The number of piperazine rings is 1. The number of rotatable bonds is 5. The van der Waals surface area contributed by atoms with Gasteiger partial charge < -0.3 is 10.6 Å². The Morgan fingerprint density at radius 1 is 1.21 bits per heavy atom. The Labute approximate surface area is 145 Å². The molecule has 1 unspecified atom stereocenters. The lowest BCUT2D eigenvalue weighted by atomic mass is 10.2. The largest absolute Gasteiger partial charge is 0.405 e. The first-order chi connectivity index (χ1) is 10.7. The molecule has 0 aromatic rings. The zero-order valence-electron chi connectivity index (χ0n) is 13.0. The van der Waals surface area contributed by atoms with E-state index in [0.717, 1.165) is 4.31 Å². The number of alkyl halides is 3. The van der Waals surface area contributed by atoms with E-state index in [1.165, 1.54) is 4.90 Å². The van der Waals surface area contributed by atoms with Gasteiger partial charge in [-0.2, -0.15) is 17.5 Å². The van der Waals surface area contributed by atoms with Gasteiger partial charge in [-0.05, 0) is 6.42 Å². The van der Waals surface area contributed by atoms with E-state index in [0.29, 0.717) is 19.5 Å². The zero-order chi connectivity index (χ0) is 17.1. The van der Waals surface area contributed by atoms with Crippen molar-refractivity contribution in [2.24, 2.45) is 0 Å². The summed E-state index contributed by atoms with van der Waals surface area (Å²) < 4.78 is 63.7. The van der Waals surface area contributed by atoms with Crippen molar-refractivity contribution in [1.29, 1.82) is 0 Å². The van der Waals surface area contributed by atoms with Gasteiger partial charge in [0.25, 0.3) is 0 Å². The van der Waals surface area contributed by atoms with Gasteiger partial charge in [-0.3, -0.25) is 9.69 Å². The first kappa shape index (κ1) is 21.4. The Kier molecular flexibility index (Phi) is 7.73. The van der Waals surface area contributed by atoms with Crippen LogP contribution in [0.5, 0.6) is 0 Å². The van der Waals surface area contributed by atoms with Crippen LogP contribution in [0.1, 0.15) is 6.42 Å². The van der Waals surface area contributed by atoms with Crippen LogP contribution in [0, 0.1) is 0 Å². The lowest BCUT2D eigenvalue weighted by molar-refractivity contribution is -0.184. The maximum atomic E-state index is 13.2. The highest BCUT2D eigenvalue weighted by Gasteiger charge is 2.44. The standard InChI is InChI=1S/C12H21F3N4O3S.ClH/c13-12(14,15)10(18-5-2-16-3-6-18)8-17-11(20)9-19-4-1-7-23(19,21)22;/h10,16H,1-9H2,(H,17,20);1H. The molecule has 0 spiro atoms. The Balaban J connectivity index is 0.00000288. The molecule has 2 saturated heterocycles. The summed E-state index contributed by atoms with van der Waals surface area (Å²) >= 11 is 0. The van der Waals surface area contributed by atoms with Crippen molar-refractivity contribution in [2.45, 2.75) is 18.6 Å². The molecule has 7 nitrogen and oxygen atoms in total. The van der Waals surface area contributed by atoms with E-state index < -0.39 is 41.2 Å². The Morgan fingerprint density at radius 3 is 2.33 bits per heavy atom. The van der Waals surface area contributed by atoms with E-state index in [9.17, 15) is 26.4 Å². The first-order valence-electron chi connectivity index (χ1n) is 7.46. The maximum absolute atomic E-state index is 13.2. The van der Waals surface area contributed by atoms with E-state index in [2.05, 4.69) is 10.6 Å². The molecule has 2 fully saturated rings. The molecule has 1 amide bonds. The van der Waals surface area contributed by atoms with Crippen LogP contribution < -0.4 is 10.6 Å². The van der Waals surface area contributed by atoms with E-state index >= 15 is 0 Å². The number of hydrogen-bond donors (Lipinski definition) is 2. The second-order valence-electron chi connectivity index (χ2n) is 5.65. The third-order valence-electron chi connectivity index (χ3n) is 3.99. The average molecular weight is 395 g/mol. The number of carbonyl (C=O) groups is 1. The van der Waals surface area contributed by atoms with Gasteiger partial charge >= 0.3 is 6.18 Å². The minimum absolute atomic E-state index is 0. The molecule has 12 heteroatoms. The fourth-order valence-electron chi connectivity index (χ4n) is 2.74. The summed E-state index contributed by atoms with van der Waals surface area (Å²) in [5, 5.41) is 5.20. The van der Waals surface area contributed by atoms with E-state index in [4.69, 9.17) is 0 Å². The van der Waals surface area contributed by atoms with Crippen molar-refractivity contribution in [1.82, 2.24) is 19.8 Å². The molecular weight excluding hydrogens is 373 g/mol. The number of halogens is 4. The van der Waals surface area contributed by atoms with Gasteiger partial charge in [0.15, 0.2) is 0 Å². The van der Waals surface area contributed by atoms with Crippen molar-refractivity contribution in [3.63, 3.8) is 0 Å². The summed E-state index contributed by atoms with van der Waals surface area (Å²) in [6, 6.07) is -1.76. The molecule has 1 atom stereocenters. The van der Waals surface area contributed by atoms with Crippen molar-refractivity contribution in [3.05, 3.63) is 0 Å². The molecule has 0 aromatic heterocycles. The fourth-order valence-corrected chi connectivity index (χ4v) is 4.21. The maximum Gasteiger partial charge on any atom is 0.405 e. The molecule has 0 radical (unpaired) electrons. The molecular formula is C12H22ClF3N4O3S. The third kappa shape index (κ3) is 5.73. The smallest absolute Gasteiger partial charge is 0.353 e. The second-order valence-corrected chi connectivity index (χ2v) is 7.74. The highest BCUT2D eigenvalue weighted by Crippen LogP contribution is 2.24. The molecule has 0 saturated carbocycles. The number of sulfonamides is 1. The van der Waals surface area contributed by atoms with Crippen LogP contribution in [0.25, 0.3) is 0 Å². The summed E-state index contributed by atoms with van der Waals surface area (Å²) in [5.74, 6) is -0.730. The van der Waals surface area contributed by atoms with Crippen LogP contribution in [-0.4, -0.2) is 87.3 Å². The van der Waals surface area contributed by atoms with Crippen LogP contribution in [0.15, 0.2) is 0 Å². The minimum Gasteiger partial charge on any atom is -0.353 e. The number of nitrogens with one attached hydrogen (secondary N) is 2. The second kappa shape index (κ2) is 8.65. The highest BCUT2D eigenvalue weighted by molar-refractivity contribution is 7.89. The topological polar surface area (TPSA) is 81.8 Å². The molecule has 2 N–H and O–H groups in total. The van der Waals surface area contributed by atoms with Crippen molar-refractivity contribution in [2.75, 3.05) is 51.6 Å². The molecule has 2 aliphatic heterocycles. The number of nitrogens with zero attached hydrogens (tertiary/aromatic N) is 2. The summed E-state index contributed by atoms with van der Waals surface area (Å²) in [7, 11) is -3.44. The van der Waals surface area contributed by atoms with Gasteiger partial charge in [-0.25, -0.2) is 8.42 Å². The zero-order valence-corrected chi connectivity index (χ0v) is 14.6. The number of hydrogen-bond acceptors (Lipinski definition) is 5. The lowest BCUT2D eigenvalue weighted by Gasteiger charge is -2.36. The van der Waals surface area contributed by atoms with Gasteiger partial charge in [0.2, 0.25) is 15.9 Å². The summed E-state index contributed by atoms with van der Waals surface area (Å²) in [6.07, 6.45) is -4.02. The molecule has 0 aromatic carbocycles. The number of amides is 1. The Morgan fingerprint density at radius 2 is 1.83 bits per heavy atom. The Hall–Kier alpha value is -0.620. The predicted molar refractivity (Wildman–Crippen MR) is 84.5 cm³/mol. The fraction of sp³-hybridized carbons (Fsp3) is 0.917. The molecule has 142 valence electrons. The van der Waals surface area contributed by atoms with Gasteiger partial charge in [0, 0.05) is 39.3 Å². The molecule has 2 aliphatic rings. The first-order valence-corrected chi connectivity index (χ1v) is 9.07. The van der Waals surface area contributed by atoms with E-state index in [1.807, 2.05) is 0 Å². The highest BCUT2D eigenvalue weighted by atomic mass is 35.5. The summed E-state index contributed by atoms with van der Waals surface area (Å²) in [4.78, 5) is 13.1. The van der Waals surface area contributed by atoms with Gasteiger partial charge in [-0.1, -0.05) is 0 Å². The van der Waals surface area contributed by atoms with Crippen LogP contribution >= 0.6 is 12.4 Å². The van der Waals surface area contributed by atoms with Crippen molar-refractivity contribution in [3.8, 4) is 0 Å². The monoisotopic (exact) mass is 394 g/mol. The van der Waals surface area contributed by atoms with Gasteiger partial charge in [-0.15, -0.1) is 12.4 Å². The number of carbonyl (C=O) groups excluding carboxylic acids is 1. The molecule has 0 aliphatic carbocycles. The van der Waals surface area contributed by atoms with Crippen LogP contribution in [0.4, 0.5) is 13.2 Å². The SMILES string of the molecule is Cl.O=C(CN1CCCS1(=O)=O)NCC(N1CCNCC1)C(F)(F)F. The lowest BCUT2D eigenvalue weighted by Crippen LogP contribution is -2.58. The third-order valence-corrected chi connectivity index (χ3v) is 5.89. The van der Waals surface area contributed by atoms with E-state index in [1.54, 1.807) is 0 Å². The van der Waals surface area contributed by atoms with Crippen LogP contribution in [-0.2, 0) is 14.8 Å². The minimum atomic E-state index is -4.45. The van der Waals surface area contributed by atoms with Gasteiger partial charge in [0.05, 0.1) is 12.3 Å². The van der Waals surface area contributed by atoms with E-state index in [-0.39, 0.29) is 37.8 Å². The molecule has 24 heavy (non-hydrogen) atoms. The predicted octanol–water partition coefficient (Wildman–Crippen LogP) is -0.604. The molecule has 2 heterocycles. The van der Waals surface area contributed by atoms with Crippen LogP contribution in [0.3, 0.4) is 0 Å². The van der Waals surface area contributed by atoms with Crippen molar-refractivity contribution >= 4 is 28.3 Å². The molecule has 2 rings (SSSR count). The molecule has 0 bridgehead atoms. The van der Waals surface area contributed by atoms with Crippen molar-refractivity contribution < 1.29 is 26.4 Å². The average Bonchev–Trinajstić information content (AvgIpc) is 2.78. The Bertz CT molecular complexity index is 526. The quantitative estimate of drug-likeness (QED) is 0.650.